The first kappa shape index (κ1) is 12.8. The van der Waals surface area contributed by atoms with Crippen molar-refractivity contribution in [1.82, 2.24) is 10.0 Å². The number of hydrogen-bond donors (Lipinski definition) is 0. The van der Waals surface area contributed by atoms with Crippen molar-refractivity contribution in [3.05, 3.63) is 23.6 Å². The van der Waals surface area contributed by atoms with Crippen molar-refractivity contribution in [2.45, 2.75) is 12.8 Å². The maximum absolute atomic E-state index is 13.8. The maximum Gasteiger partial charge on any atom is 0.281 e. The number of hydrogen-bond acceptors (Lipinski definition) is 4. The Morgan fingerprint density at radius 1 is 1.44 bits per heavy atom. The quantitative estimate of drug-likeness (QED) is 0.604. The average Bonchev–Trinajstić information content (AvgIpc) is 2.90. The molecule has 0 unspecified atom stereocenters. The van der Waals surface area contributed by atoms with Crippen LogP contribution in [0.25, 0.3) is 0 Å². The summed E-state index contributed by atoms with van der Waals surface area (Å²) in [5.41, 5.74) is -0.0812. The molecule has 0 atom stereocenters. The first-order valence-electron chi connectivity index (χ1n) is 5.87. The molecule has 0 saturated carbocycles. The smallest absolute Gasteiger partial charge is 0.281 e. The molecular formula is C12H16FN3O2. The Hall–Kier alpha value is -1.69. The summed E-state index contributed by atoms with van der Waals surface area (Å²) in [6, 6.07) is 3.12. The SMILES string of the molecule is CON(C)C(=O)c1ccc(N2CCCC2)nc1F. The normalized spacial score (nSPS) is 14.9. The highest BCUT2D eigenvalue weighted by atomic mass is 19.1. The van der Waals surface area contributed by atoms with E-state index in [1.165, 1.54) is 20.2 Å². The number of halogens is 1. The van der Waals surface area contributed by atoms with Crippen LogP contribution >= 0.6 is 0 Å². The summed E-state index contributed by atoms with van der Waals surface area (Å²) in [5.74, 6) is -0.717. The fraction of sp³-hybridized carbons (Fsp3) is 0.500. The second-order valence-electron chi connectivity index (χ2n) is 4.19. The van der Waals surface area contributed by atoms with Gasteiger partial charge in [-0.25, -0.2) is 10.0 Å². The Morgan fingerprint density at radius 2 is 2.11 bits per heavy atom. The summed E-state index contributed by atoms with van der Waals surface area (Å²) < 4.78 is 13.8. The summed E-state index contributed by atoms with van der Waals surface area (Å²) in [6.45, 7) is 1.77. The predicted molar refractivity (Wildman–Crippen MR) is 64.7 cm³/mol. The fourth-order valence-electron chi connectivity index (χ4n) is 1.96. The van der Waals surface area contributed by atoms with E-state index in [0.29, 0.717) is 5.82 Å². The number of nitrogens with zero attached hydrogens (tertiary/aromatic N) is 3. The van der Waals surface area contributed by atoms with Gasteiger partial charge in [-0.2, -0.15) is 4.39 Å². The van der Waals surface area contributed by atoms with Crippen molar-refractivity contribution in [3.8, 4) is 0 Å². The molecule has 1 aromatic heterocycles. The van der Waals surface area contributed by atoms with Crippen LogP contribution in [0.5, 0.6) is 0 Å². The molecule has 1 saturated heterocycles. The van der Waals surface area contributed by atoms with Crippen molar-refractivity contribution >= 4 is 11.7 Å². The summed E-state index contributed by atoms with van der Waals surface area (Å²) in [5, 5.41) is 0.968. The molecule has 0 bridgehead atoms. The molecular weight excluding hydrogens is 237 g/mol. The minimum absolute atomic E-state index is 0.0812. The number of carbonyl (C=O) groups is 1. The van der Waals surface area contributed by atoms with Gasteiger partial charge >= 0.3 is 0 Å². The lowest BCUT2D eigenvalue weighted by atomic mass is 10.2. The van der Waals surface area contributed by atoms with Crippen molar-refractivity contribution in [3.63, 3.8) is 0 Å². The van der Waals surface area contributed by atoms with E-state index in [1.54, 1.807) is 6.07 Å². The van der Waals surface area contributed by atoms with Crippen LogP contribution in [0.3, 0.4) is 0 Å². The third-order valence-electron chi connectivity index (χ3n) is 3.05. The highest BCUT2D eigenvalue weighted by Crippen LogP contribution is 2.19. The van der Waals surface area contributed by atoms with Gasteiger partial charge in [-0.1, -0.05) is 0 Å². The molecule has 1 aliphatic heterocycles. The standard InChI is InChI=1S/C12H16FN3O2/c1-15(18-2)12(17)9-5-6-10(14-11(9)13)16-7-3-4-8-16/h5-6H,3-4,7-8H2,1-2H3. The van der Waals surface area contributed by atoms with E-state index in [4.69, 9.17) is 4.84 Å². The number of pyridine rings is 1. The topological polar surface area (TPSA) is 45.7 Å². The van der Waals surface area contributed by atoms with Gasteiger partial charge < -0.3 is 4.90 Å². The minimum atomic E-state index is -0.756. The molecule has 0 radical (unpaired) electrons. The monoisotopic (exact) mass is 253 g/mol. The molecule has 5 nitrogen and oxygen atoms in total. The van der Waals surface area contributed by atoms with Gasteiger partial charge in [0.1, 0.15) is 5.82 Å². The van der Waals surface area contributed by atoms with Crippen LogP contribution in [0.4, 0.5) is 10.2 Å². The lowest BCUT2D eigenvalue weighted by Gasteiger charge is -2.18. The second-order valence-corrected chi connectivity index (χ2v) is 4.19. The molecule has 1 amide bonds. The Kier molecular flexibility index (Phi) is 3.76. The van der Waals surface area contributed by atoms with Crippen LogP contribution in [0.2, 0.25) is 0 Å². The van der Waals surface area contributed by atoms with Crippen LogP contribution < -0.4 is 4.90 Å². The third-order valence-corrected chi connectivity index (χ3v) is 3.05. The van der Waals surface area contributed by atoms with E-state index in [2.05, 4.69) is 4.98 Å². The lowest BCUT2D eigenvalue weighted by Crippen LogP contribution is -2.27. The molecule has 1 fully saturated rings. The summed E-state index contributed by atoms with van der Waals surface area (Å²) in [7, 11) is 2.78. The molecule has 2 heterocycles. The van der Waals surface area contributed by atoms with Crippen molar-refractivity contribution in [2.75, 3.05) is 32.1 Å². The zero-order valence-electron chi connectivity index (χ0n) is 10.5. The molecule has 0 aliphatic carbocycles. The summed E-state index contributed by atoms with van der Waals surface area (Å²) in [4.78, 5) is 22.3. The van der Waals surface area contributed by atoms with Gasteiger partial charge in [-0.15, -0.1) is 0 Å². The van der Waals surface area contributed by atoms with E-state index in [-0.39, 0.29) is 5.56 Å². The number of carbonyl (C=O) groups excluding carboxylic acids is 1. The van der Waals surface area contributed by atoms with E-state index < -0.39 is 11.9 Å². The Balaban J connectivity index is 2.22. The molecule has 0 aromatic carbocycles. The molecule has 2 rings (SSSR count). The van der Waals surface area contributed by atoms with Crippen LogP contribution in [0, 0.1) is 5.95 Å². The summed E-state index contributed by atoms with van der Waals surface area (Å²) in [6.07, 6.45) is 2.19. The van der Waals surface area contributed by atoms with Gasteiger partial charge in [0.05, 0.1) is 12.7 Å². The van der Waals surface area contributed by atoms with E-state index in [0.717, 1.165) is 31.0 Å². The van der Waals surface area contributed by atoms with Gasteiger partial charge in [-0.05, 0) is 25.0 Å². The number of aromatic nitrogens is 1. The van der Waals surface area contributed by atoms with Crippen molar-refractivity contribution < 1.29 is 14.0 Å². The Morgan fingerprint density at radius 3 is 2.67 bits per heavy atom. The molecule has 1 aliphatic rings. The molecule has 1 aromatic rings. The number of anilines is 1. The molecule has 98 valence electrons. The predicted octanol–water partition coefficient (Wildman–Crippen LogP) is 1.45. The molecule has 0 spiro atoms. The largest absolute Gasteiger partial charge is 0.357 e. The zero-order valence-corrected chi connectivity index (χ0v) is 10.5. The lowest BCUT2D eigenvalue weighted by molar-refractivity contribution is -0.0760. The fourth-order valence-corrected chi connectivity index (χ4v) is 1.96. The first-order valence-corrected chi connectivity index (χ1v) is 5.87. The van der Waals surface area contributed by atoms with Gasteiger partial charge in [0.2, 0.25) is 5.95 Å². The molecule has 18 heavy (non-hydrogen) atoms. The third kappa shape index (κ3) is 2.43. The first-order chi connectivity index (χ1) is 8.63. The van der Waals surface area contributed by atoms with Gasteiger partial charge in [-0.3, -0.25) is 9.63 Å². The van der Waals surface area contributed by atoms with Crippen LogP contribution in [0.15, 0.2) is 12.1 Å². The zero-order chi connectivity index (χ0) is 13.1. The second kappa shape index (κ2) is 5.30. The summed E-state index contributed by atoms with van der Waals surface area (Å²) >= 11 is 0. The average molecular weight is 253 g/mol. The highest BCUT2D eigenvalue weighted by molar-refractivity contribution is 5.93. The van der Waals surface area contributed by atoms with E-state index in [1.807, 2.05) is 4.90 Å². The highest BCUT2D eigenvalue weighted by Gasteiger charge is 2.20. The Labute approximate surface area is 105 Å². The number of rotatable bonds is 3. The molecule has 6 heteroatoms. The van der Waals surface area contributed by atoms with Gasteiger partial charge in [0, 0.05) is 20.1 Å². The number of amides is 1. The van der Waals surface area contributed by atoms with Crippen LogP contribution in [-0.2, 0) is 4.84 Å². The van der Waals surface area contributed by atoms with Crippen molar-refractivity contribution in [2.24, 2.45) is 0 Å². The Bertz CT molecular complexity index is 447. The number of hydroxylamine groups is 2. The van der Waals surface area contributed by atoms with E-state index in [9.17, 15) is 9.18 Å². The molecule has 0 N–H and O–H groups in total. The van der Waals surface area contributed by atoms with Gasteiger partial charge in [0.15, 0.2) is 0 Å². The van der Waals surface area contributed by atoms with Crippen molar-refractivity contribution in [1.29, 1.82) is 0 Å². The van der Waals surface area contributed by atoms with Crippen LogP contribution in [-0.4, -0.2) is 43.2 Å². The minimum Gasteiger partial charge on any atom is -0.357 e. The van der Waals surface area contributed by atoms with E-state index >= 15 is 0 Å². The van der Waals surface area contributed by atoms with Gasteiger partial charge in [0.25, 0.3) is 5.91 Å². The maximum atomic E-state index is 13.8. The van der Waals surface area contributed by atoms with Crippen LogP contribution in [0.1, 0.15) is 23.2 Å².